The molecule has 2 N–H and O–H groups in total. The lowest BCUT2D eigenvalue weighted by Gasteiger charge is -2.04. The van der Waals surface area contributed by atoms with Crippen LogP contribution < -0.4 is 9.47 Å². The third kappa shape index (κ3) is 7.24. The van der Waals surface area contributed by atoms with Crippen LogP contribution in [-0.4, -0.2) is 28.9 Å². The lowest BCUT2D eigenvalue weighted by atomic mass is 10.1. The van der Waals surface area contributed by atoms with Gasteiger partial charge >= 0.3 is 0 Å². The van der Waals surface area contributed by atoms with Gasteiger partial charge in [0.1, 0.15) is 0 Å². The second-order valence-corrected chi connectivity index (χ2v) is 7.27. The quantitative estimate of drug-likeness (QED) is 0.241. The van der Waals surface area contributed by atoms with Gasteiger partial charge < -0.3 is 19.7 Å². The van der Waals surface area contributed by atoms with E-state index in [9.17, 15) is 19.8 Å². The number of ether oxygens (including phenoxy) is 2. The highest BCUT2D eigenvalue weighted by molar-refractivity contribution is 6.10. The van der Waals surface area contributed by atoms with Gasteiger partial charge in [0.2, 0.25) is 0 Å². The van der Waals surface area contributed by atoms with Crippen LogP contribution in [0.4, 0.5) is 0 Å². The average molecular weight is 456 g/mol. The predicted octanol–water partition coefficient (Wildman–Crippen LogP) is 5.41. The smallest absolute Gasteiger partial charge is 0.168 e. The van der Waals surface area contributed by atoms with Crippen LogP contribution in [0, 0.1) is 0 Å². The van der Waals surface area contributed by atoms with Crippen LogP contribution in [0.1, 0.15) is 23.1 Å². The first-order chi connectivity index (χ1) is 16.4. The Morgan fingerprint density at radius 1 is 0.735 bits per heavy atom. The van der Waals surface area contributed by atoms with Gasteiger partial charge in [-0.1, -0.05) is 54.6 Å². The van der Waals surface area contributed by atoms with Gasteiger partial charge in [-0.25, -0.2) is 0 Å². The average Bonchev–Trinajstić information content (AvgIpc) is 2.84. The van der Waals surface area contributed by atoms with Gasteiger partial charge in [0, 0.05) is 0 Å². The summed E-state index contributed by atoms with van der Waals surface area (Å²) < 4.78 is 10.5. The normalized spacial score (nSPS) is 11.3. The van der Waals surface area contributed by atoms with Crippen molar-refractivity contribution in [2.75, 3.05) is 7.11 Å². The fourth-order valence-electron chi connectivity index (χ4n) is 2.94. The Kier molecular flexibility index (Phi) is 8.41. The number of benzene rings is 3. The van der Waals surface area contributed by atoms with E-state index in [2.05, 4.69) is 0 Å². The Morgan fingerprint density at radius 2 is 1.29 bits per heavy atom. The van der Waals surface area contributed by atoms with E-state index in [1.54, 1.807) is 42.5 Å². The summed E-state index contributed by atoms with van der Waals surface area (Å²) in [5, 5.41) is 19.6. The Bertz CT molecular complexity index is 1240. The zero-order valence-corrected chi connectivity index (χ0v) is 18.5. The third-order valence-electron chi connectivity index (χ3n) is 4.71. The number of methoxy groups -OCH3 is 1. The van der Waals surface area contributed by atoms with Crippen molar-refractivity contribution < 1.29 is 29.3 Å². The molecule has 0 fully saturated rings. The van der Waals surface area contributed by atoms with Crippen molar-refractivity contribution in [3.63, 3.8) is 0 Å². The van der Waals surface area contributed by atoms with Crippen molar-refractivity contribution in [3.8, 4) is 23.0 Å². The van der Waals surface area contributed by atoms with Crippen molar-refractivity contribution in [3.05, 3.63) is 102 Å². The number of carbonyl (C=O) groups excluding carboxylic acids is 2. The van der Waals surface area contributed by atoms with E-state index >= 15 is 0 Å². The molecule has 0 unspecified atom stereocenters. The number of hydrogen-bond donors (Lipinski definition) is 2. The van der Waals surface area contributed by atoms with E-state index in [4.69, 9.17) is 9.47 Å². The Labute approximate surface area is 197 Å². The minimum atomic E-state index is -0.363. The molecule has 0 atom stereocenters. The van der Waals surface area contributed by atoms with Gasteiger partial charge in [0.05, 0.1) is 19.8 Å². The Hall–Kier alpha value is -4.58. The molecule has 6 heteroatoms. The molecule has 3 aromatic rings. The Morgan fingerprint density at radius 3 is 1.88 bits per heavy atom. The molecule has 6 nitrogen and oxygen atoms in total. The molecule has 3 aromatic carbocycles. The highest BCUT2D eigenvalue weighted by Crippen LogP contribution is 2.28. The van der Waals surface area contributed by atoms with Crippen LogP contribution >= 0.6 is 0 Å². The fourth-order valence-corrected chi connectivity index (χ4v) is 2.94. The summed E-state index contributed by atoms with van der Waals surface area (Å²) in [5.74, 6) is -0.222. The number of carbonyl (C=O) groups is 2. The maximum absolute atomic E-state index is 12.2. The molecule has 0 aliphatic carbocycles. The van der Waals surface area contributed by atoms with Crippen LogP contribution in [0.2, 0.25) is 0 Å². The standard InChI is InChI=1S/C28H24O6/c1-33-27-17-21(9-13-25(27)31)7-11-23(29)19-24(30)12-8-22-10-14-26(32)28(18-22)34-16-15-20-5-3-2-4-6-20/h2-18,31-32H,19H2,1H3/b11-7+,12-8+,16-15?. The molecule has 0 aromatic heterocycles. The number of phenolic OH excluding ortho intramolecular Hbond substituents is 2. The summed E-state index contributed by atoms with van der Waals surface area (Å²) in [6.07, 6.45) is 8.67. The zero-order chi connectivity index (χ0) is 24.3. The summed E-state index contributed by atoms with van der Waals surface area (Å²) >= 11 is 0. The largest absolute Gasteiger partial charge is 0.504 e. The van der Waals surface area contributed by atoms with Crippen LogP contribution in [0.15, 0.2) is 85.1 Å². The summed E-state index contributed by atoms with van der Waals surface area (Å²) in [6, 6.07) is 18.9. The van der Waals surface area contributed by atoms with Crippen LogP contribution in [0.3, 0.4) is 0 Å². The molecule has 0 aliphatic heterocycles. The predicted molar refractivity (Wildman–Crippen MR) is 132 cm³/mol. The number of aromatic hydroxyl groups is 2. The van der Waals surface area contributed by atoms with Gasteiger partial charge in [-0.05, 0) is 59.2 Å². The number of ketones is 2. The van der Waals surface area contributed by atoms with Crippen LogP contribution in [0.5, 0.6) is 23.0 Å². The van der Waals surface area contributed by atoms with Gasteiger partial charge in [-0.15, -0.1) is 0 Å². The van der Waals surface area contributed by atoms with Crippen molar-refractivity contribution in [2.45, 2.75) is 6.42 Å². The van der Waals surface area contributed by atoms with Crippen molar-refractivity contribution in [1.29, 1.82) is 0 Å². The number of phenols is 2. The maximum Gasteiger partial charge on any atom is 0.168 e. The van der Waals surface area contributed by atoms with Crippen molar-refractivity contribution in [2.24, 2.45) is 0 Å². The molecule has 172 valence electrons. The lowest BCUT2D eigenvalue weighted by molar-refractivity contribution is -0.121. The Balaban J connectivity index is 1.57. The first-order valence-electron chi connectivity index (χ1n) is 10.4. The SMILES string of the molecule is COc1cc(/C=C/C(=O)CC(=O)/C=C/c2ccc(O)c(OC=Cc3ccccc3)c2)ccc1O. The monoisotopic (exact) mass is 456 g/mol. The molecule has 34 heavy (non-hydrogen) atoms. The molecular formula is C28H24O6. The van der Waals surface area contributed by atoms with Crippen molar-refractivity contribution >= 4 is 29.8 Å². The molecule has 0 saturated carbocycles. The molecule has 0 radical (unpaired) electrons. The van der Waals surface area contributed by atoms with E-state index in [0.29, 0.717) is 16.9 Å². The third-order valence-corrected chi connectivity index (χ3v) is 4.71. The van der Waals surface area contributed by atoms with Crippen molar-refractivity contribution in [1.82, 2.24) is 0 Å². The van der Waals surface area contributed by atoms with E-state index in [-0.39, 0.29) is 35.2 Å². The summed E-state index contributed by atoms with van der Waals surface area (Å²) in [6.45, 7) is 0. The molecule has 3 rings (SSSR count). The number of rotatable bonds is 10. The zero-order valence-electron chi connectivity index (χ0n) is 18.5. The van der Waals surface area contributed by atoms with E-state index in [1.807, 2.05) is 30.3 Å². The van der Waals surface area contributed by atoms with E-state index in [0.717, 1.165) is 5.56 Å². The molecule has 0 amide bonds. The highest BCUT2D eigenvalue weighted by Gasteiger charge is 2.06. The minimum absolute atomic E-state index is 0.00120. The fraction of sp³-hybridized carbons (Fsp3) is 0.0714. The first-order valence-corrected chi connectivity index (χ1v) is 10.4. The van der Waals surface area contributed by atoms with Gasteiger partial charge in [0.15, 0.2) is 34.6 Å². The van der Waals surface area contributed by atoms with Gasteiger partial charge in [-0.2, -0.15) is 0 Å². The number of hydrogen-bond acceptors (Lipinski definition) is 6. The number of allylic oxidation sites excluding steroid dienone is 2. The molecule has 0 aliphatic rings. The topological polar surface area (TPSA) is 93.1 Å². The van der Waals surface area contributed by atoms with Gasteiger partial charge in [0.25, 0.3) is 0 Å². The van der Waals surface area contributed by atoms with Gasteiger partial charge in [-0.3, -0.25) is 9.59 Å². The second-order valence-electron chi connectivity index (χ2n) is 7.27. The molecule has 0 bridgehead atoms. The summed E-state index contributed by atoms with van der Waals surface area (Å²) in [5.41, 5.74) is 2.24. The lowest BCUT2D eigenvalue weighted by Crippen LogP contribution is -2.01. The molecular weight excluding hydrogens is 432 g/mol. The highest BCUT2D eigenvalue weighted by atomic mass is 16.5. The van der Waals surface area contributed by atoms with E-state index in [1.165, 1.54) is 37.7 Å². The molecule has 0 heterocycles. The summed E-state index contributed by atoms with van der Waals surface area (Å²) in [4.78, 5) is 24.3. The second kappa shape index (κ2) is 11.9. The van der Waals surface area contributed by atoms with E-state index < -0.39 is 0 Å². The van der Waals surface area contributed by atoms with Crippen LogP contribution in [0.25, 0.3) is 18.2 Å². The summed E-state index contributed by atoms with van der Waals surface area (Å²) in [7, 11) is 1.43. The maximum atomic E-state index is 12.2. The molecule has 0 spiro atoms. The molecule has 0 saturated heterocycles. The van der Waals surface area contributed by atoms with Crippen LogP contribution in [-0.2, 0) is 9.59 Å². The minimum Gasteiger partial charge on any atom is -0.504 e. The first kappa shape index (κ1) is 24.1.